The monoisotopic (exact) mass is 215 g/mol. The largest absolute Gasteiger partial charge is 0.383 e. The zero-order valence-electron chi connectivity index (χ0n) is 9.84. The maximum absolute atomic E-state index is 5.85. The molecule has 0 aliphatic carbocycles. The quantitative estimate of drug-likeness (QED) is 0.743. The van der Waals surface area contributed by atoms with Crippen molar-refractivity contribution in [2.45, 2.75) is 44.1 Å². The third kappa shape index (κ3) is 2.50. The van der Waals surface area contributed by atoms with E-state index in [0.717, 1.165) is 26.1 Å². The van der Waals surface area contributed by atoms with Gasteiger partial charge in [-0.25, -0.2) is 0 Å². The van der Waals surface area contributed by atoms with Crippen LogP contribution in [0.3, 0.4) is 0 Å². The minimum Gasteiger partial charge on any atom is -0.383 e. The van der Waals surface area contributed by atoms with Crippen molar-refractivity contribution in [3.05, 3.63) is 0 Å². The summed E-state index contributed by atoms with van der Waals surface area (Å²) in [6.45, 7) is 6.38. The number of hydrogen-bond acceptors (Lipinski definition) is 4. The fourth-order valence-corrected chi connectivity index (χ4v) is 2.50. The van der Waals surface area contributed by atoms with Crippen LogP contribution < -0.4 is 5.32 Å². The van der Waals surface area contributed by atoms with Crippen molar-refractivity contribution in [3.8, 4) is 0 Å². The third-order valence-electron chi connectivity index (χ3n) is 3.09. The number of ether oxygens (including phenoxy) is 3. The normalized spacial score (nSPS) is 39.8. The summed E-state index contributed by atoms with van der Waals surface area (Å²) < 4.78 is 16.8. The van der Waals surface area contributed by atoms with E-state index in [1.54, 1.807) is 7.11 Å². The Morgan fingerprint density at radius 1 is 1.40 bits per heavy atom. The predicted octanol–water partition coefficient (Wildman–Crippen LogP) is 0.906. The molecule has 0 aromatic carbocycles. The molecule has 1 spiro atoms. The van der Waals surface area contributed by atoms with Crippen LogP contribution in [0.15, 0.2) is 0 Å². The van der Waals surface area contributed by atoms with Crippen molar-refractivity contribution in [3.63, 3.8) is 0 Å². The van der Waals surface area contributed by atoms with Crippen molar-refractivity contribution in [2.75, 3.05) is 26.9 Å². The van der Waals surface area contributed by atoms with E-state index in [-0.39, 0.29) is 11.3 Å². The van der Waals surface area contributed by atoms with Gasteiger partial charge < -0.3 is 14.2 Å². The second kappa shape index (κ2) is 4.01. The maximum Gasteiger partial charge on any atom is 0.145 e. The lowest BCUT2D eigenvalue weighted by Gasteiger charge is -2.38. The smallest absolute Gasteiger partial charge is 0.145 e. The van der Waals surface area contributed by atoms with Crippen LogP contribution in [0.1, 0.15) is 26.7 Å². The summed E-state index contributed by atoms with van der Waals surface area (Å²) in [5, 5.41) is 3.51. The van der Waals surface area contributed by atoms with Crippen LogP contribution in [0.4, 0.5) is 0 Å². The Kier molecular flexibility index (Phi) is 3.03. The Morgan fingerprint density at radius 2 is 2.20 bits per heavy atom. The SMILES string of the molecule is COCC1CCOC2(COC(C)(C)C2)N1. The molecule has 15 heavy (non-hydrogen) atoms. The first-order valence-electron chi connectivity index (χ1n) is 5.60. The van der Waals surface area contributed by atoms with Crippen molar-refractivity contribution in [1.29, 1.82) is 0 Å². The predicted molar refractivity (Wildman–Crippen MR) is 56.7 cm³/mol. The lowest BCUT2D eigenvalue weighted by Crippen LogP contribution is -2.58. The minimum absolute atomic E-state index is 0.0814. The zero-order valence-corrected chi connectivity index (χ0v) is 9.84. The molecule has 2 atom stereocenters. The van der Waals surface area contributed by atoms with Crippen LogP contribution in [-0.2, 0) is 14.2 Å². The average Bonchev–Trinajstić information content (AvgIpc) is 2.42. The molecule has 2 unspecified atom stereocenters. The second-order valence-corrected chi connectivity index (χ2v) is 5.15. The molecule has 0 saturated carbocycles. The molecule has 2 fully saturated rings. The van der Waals surface area contributed by atoms with Crippen LogP contribution in [0.2, 0.25) is 0 Å². The van der Waals surface area contributed by atoms with Gasteiger partial charge in [0.1, 0.15) is 5.72 Å². The lowest BCUT2D eigenvalue weighted by atomic mass is 9.97. The van der Waals surface area contributed by atoms with Crippen molar-refractivity contribution < 1.29 is 14.2 Å². The number of rotatable bonds is 2. The van der Waals surface area contributed by atoms with Gasteiger partial charge in [0.05, 0.1) is 25.4 Å². The summed E-state index contributed by atoms with van der Waals surface area (Å²) in [4.78, 5) is 0. The van der Waals surface area contributed by atoms with Gasteiger partial charge in [-0.15, -0.1) is 0 Å². The summed E-state index contributed by atoms with van der Waals surface area (Å²) in [7, 11) is 1.74. The van der Waals surface area contributed by atoms with Crippen molar-refractivity contribution in [1.82, 2.24) is 5.32 Å². The average molecular weight is 215 g/mol. The molecule has 2 aliphatic heterocycles. The highest BCUT2D eigenvalue weighted by molar-refractivity contribution is 4.96. The Balaban J connectivity index is 1.97. The molecular formula is C11H21NO3. The fourth-order valence-electron chi connectivity index (χ4n) is 2.50. The maximum atomic E-state index is 5.85. The molecule has 0 aromatic rings. The molecule has 2 saturated heterocycles. The highest BCUT2D eigenvalue weighted by atomic mass is 16.6. The summed E-state index contributed by atoms with van der Waals surface area (Å²) in [6, 6.07) is 0.390. The van der Waals surface area contributed by atoms with Crippen LogP contribution in [0.25, 0.3) is 0 Å². The van der Waals surface area contributed by atoms with Gasteiger partial charge >= 0.3 is 0 Å². The lowest BCUT2D eigenvalue weighted by molar-refractivity contribution is -0.117. The van der Waals surface area contributed by atoms with Crippen molar-refractivity contribution >= 4 is 0 Å². The minimum atomic E-state index is -0.273. The highest BCUT2D eigenvalue weighted by Crippen LogP contribution is 2.35. The summed E-state index contributed by atoms with van der Waals surface area (Å²) in [6.07, 6.45) is 1.91. The molecular weight excluding hydrogens is 194 g/mol. The number of nitrogens with one attached hydrogen (secondary N) is 1. The van der Waals surface area contributed by atoms with Crippen LogP contribution in [-0.4, -0.2) is 44.3 Å². The van der Waals surface area contributed by atoms with Crippen LogP contribution in [0.5, 0.6) is 0 Å². The van der Waals surface area contributed by atoms with Crippen LogP contribution >= 0.6 is 0 Å². The third-order valence-corrected chi connectivity index (χ3v) is 3.09. The van der Waals surface area contributed by atoms with E-state index < -0.39 is 0 Å². The molecule has 0 bridgehead atoms. The number of hydrogen-bond donors (Lipinski definition) is 1. The van der Waals surface area contributed by atoms with E-state index in [9.17, 15) is 0 Å². The van der Waals surface area contributed by atoms with Gasteiger partial charge in [0.2, 0.25) is 0 Å². The van der Waals surface area contributed by atoms with Gasteiger partial charge in [0.15, 0.2) is 0 Å². The van der Waals surface area contributed by atoms with Gasteiger partial charge in [-0.2, -0.15) is 0 Å². The van der Waals surface area contributed by atoms with E-state index in [1.165, 1.54) is 0 Å². The molecule has 4 nitrogen and oxygen atoms in total. The Labute approximate surface area is 91.3 Å². The topological polar surface area (TPSA) is 39.7 Å². The van der Waals surface area contributed by atoms with Gasteiger partial charge in [-0.1, -0.05) is 0 Å². The van der Waals surface area contributed by atoms with E-state index in [2.05, 4.69) is 19.2 Å². The molecule has 2 heterocycles. The van der Waals surface area contributed by atoms with Gasteiger partial charge in [0.25, 0.3) is 0 Å². The molecule has 0 aromatic heterocycles. The highest BCUT2D eigenvalue weighted by Gasteiger charge is 2.47. The number of methoxy groups -OCH3 is 1. The van der Waals surface area contributed by atoms with E-state index in [4.69, 9.17) is 14.2 Å². The first kappa shape index (κ1) is 11.3. The molecule has 2 rings (SSSR count). The van der Waals surface area contributed by atoms with Gasteiger partial charge in [0, 0.05) is 19.6 Å². The second-order valence-electron chi connectivity index (χ2n) is 5.15. The standard InChI is InChI=1S/C11H21NO3/c1-10(2)7-11(8-15-10)12-9(6-13-3)4-5-14-11/h9,12H,4-8H2,1-3H3. The summed E-state index contributed by atoms with van der Waals surface area (Å²) in [5.74, 6) is 0. The molecule has 4 heteroatoms. The Bertz CT molecular complexity index is 230. The molecule has 1 N–H and O–H groups in total. The van der Waals surface area contributed by atoms with E-state index >= 15 is 0 Å². The fraction of sp³-hybridized carbons (Fsp3) is 1.00. The van der Waals surface area contributed by atoms with E-state index in [1.807, 2.05) is 0 Å². The summed E-state index contributed by atoms with van der Waals surface area (Å²) >= 11 is 0. The van der Waals surface area contributed by atoms with Crippen molar-refractivity contribution in [2.24, 2.45) is 0 Å². The molecule has 2 aliphatic rings. The zero-order chi connectivity index (χ0) is 10.9. The Hall–Kier alpha value is -0.160. The van der Waals surface area contributed by atoms with Gasteiger partial charge in [-0.3, -0.25) is 5.32 Å². The van der Waals surface area contributed by atoms with E-state index in [0.29, 0.717) is 12.6 Å². The molecule has 88 valence electrons. The molecule has 0 amide bonds. The van der Waals surface area contributed by atoms with Gasteiger partial charge in [-0.05, 0) is 20.3 Å². The van der Waals surface area contributed by atoms with Crippen LogP contribution in [0, 0.1) is 0 Å². The first-order chi connectivity index (χ1) is 7.05. The Morgan fingerprint density at radius 3 is 2.80 bits per heavy atom. The summed E-state index contributed by atoms with van der Waals surface area (Å²) in [5.41, 5.74) is -0.354. The first-order valence-corrected chi connectivity index (χ1v) is 5.60. The molecule has 0 radical (unpaired) electrons.